The SMILES string of the molecule is O=C(CCn1nnc2ccccc2c1=O)NCCOCC(F)(F)F. The number of ether oxygens (including phenoxy) is 1. The van der Waals surface area contributed by atoms with Crippen molar-refractivity contribution < 1.29 is 22.7 Å². The molecule has 0 aliphatic heterocycles. The predicted octanol–water partition coefficient (Wildman–Crippen LogP) is 0.877. The summed E-state index contributed by atoms with van der Waals surface area (Å²) in [7, 11) is 0. The van der Waals surface area contributed by atoms with Gasteiger partial charge < -0.3 is 10.1 Å². The fraction of sp³-hybridized carbons (Fsp3) is 0.429. The highest BCUT2D eigenvalue weighted by atomic mass is 19.4. The monoisotopic (exact) mass is 344 g/mol. The van der Waals surface area contributed by atoms with Crippen LogP contribution in [0.25, 0.3) is 10.9 Å². The van der Waals surface area contributed by atoms with Crippen molar-refractivity contribution in [1.29, 1.82) is 0 Å². The van der Waals surface area contributed by atoms with Gasteiger partial charge >= 0.3 is 6.18 Å². The third-order valence-electron chi connectivity index (χ3n) is 3.01. The molecule has 1 N–H and O–H groups in total. The first-order valence-corrected chi connectivity index (χ1v) is 7.10. The van der Waals surface area contributed by atoms with Crippen LogP contribution in [0.1, 0.15) is 6.42 Å². The minimum Gasteiger partial charge on any atom is -0.370 e. The number of halogens is 3. The van der Waals surface area contributed by atoms with Crippen LogP contribution in [-0.4, -0.2) is 46.8 Å². The number of nitrogens with zero attached hydrogens (tertiary/aromatic N) is 3. The molecule has 0 saturated heterocycles. The van der Waals surface area contributed by atoms with Crippen LogP contribution in [-0.2, 0) is 16.1 Å². The van der Waals surface area contributed by atoms with Crippen molar-refractivity contribution in [1.82, 2.24) is 20.3 Å². The Kier molecular flexibility index (Phi) is 5.85. The van der Waals surface area contributed by atoms with Crippen molar-refractivity contribution in [2.75, 3.05) is 19.8 Å². The van der Waals surface area contributed by atoms with E-state index >= 15 is 0 Å². The van der Waals surface area contributed by atoms with Gasteiger partial charge in [-0.05, 0) is 12.1 Å². The zero-order valence-electron chi connectivity index (χ0n) is 12.5. The van der Waals surface area contributed by atoms with Crippen LogP contribution < -0.4 is 10.9 Å². The van der Waals surface area contributed by atoms with Gasteiger partial charge in [-0.2, -0.15) is 13.2 Å². The van der Waals surface area contributed by atoms with Crippen LogP contribution in [0.5, 0.6) is 0 Å². The summed E-state index contributed by atoms with van der Waals surface area (Å²) >= 11 is 0. The lowest BCUT2D eigenvalue weighted by atomic mass is 10.2. The molecule has 1 aromatic carbocycles. The molecular weight excluding hydrogens is 329 g/mol. The second-order valence-corrected chi connectivity index (χ2v) is 4.90. The van der Waals surface area contributed by atoms with Gasteiger partial charge in [0, 0.05) is 13.0 Å². The smallest absolute Gasteiger partial charge is 0.370 e. The van der Waals surface area contributed by atoms with E-state index in [4.69, 9.17) is 0 Å². The molecule has 130 valence electrons. The van der Waals surface area contributed by atoms with Crippen molar-refractivity contribution in [2.24, 2.45) is 0 Å². The molecule has 1 aromatic heterocycles. The first-order valence-electron chi connectivity index (χ1n) is 7.10. The summed E-state index contributed by atoms with van der Waals surface area (Å²) < 4.78 is 41.0. The van der Waals surface area contributed by atoms with Crippen molar-refractivity contribution >= 4 is 16.8 Å². The van der Waals surface area contributed by atoms with E-state index in [1.54, 1.807) is 24.3 Å². The van der Waals surface area contributed by atoms with Gasteiger partial charge in [0.1, 0.15) is 12.1 Å². The molecular formula is C14H15F3N4O3. The summed E-state index contributed by atoms with van der Waals surface area (Å²) in [6.07, 6.45) is -4.44. The van der Waals surface area contributed by atoms with Crippen molar-refractivity contribution in [3.05, 3.63) is 34.6 Å². The molecule has 0 fully saturated rings. The first-order chi connectivity index (χ1) is 11.4. The highest BCUT2D eigenvalue weighted by molar-refractivity contribution is 5.77. The van der Waals surface area contributed by atoms with Crippen molar-refractivity contribution in [3.8, 4) is 0 Å². The van der Waals surface area contributed by atoms with Gasteiger partial charge in [0.05, 0.1) is 18.5 Å². The summed E-state index contributed by atoms with van der Waals surface area (Å²) in [5.74, 6) is -0.424. The number of carbonyl (C=O) groups is 1. The van der Waals surface area contributed by atoms with E-state index in [1.807, 2.05) is 0 Å². The number of aromatic nitrogens is 3. The normalized spacial score (nSPS) is 11.6. The molecule has 1 heterocycles. The maximum Gasteiger partial charge on any atom is 0.411 e. The molecule has 0 unspecified atom stereocenters. The zero-order valence-corrected chi connectivity index (χ0v) is 12.5. The molecule has 1 amide bonds. The van der Waals surface area contributed by atoms with Crippen LogP contribution >= 0.6 is 0 Å². The van der Waals surface area contributed by atoms with Crippen LogP contribution in [0.15, 0.2) is 29.1 Å². The summed E-state index contributed by atoms with van der Waals surface area (Å²) in [6.45, 7) is -1.63. The van der Waals surface area contributed by atoms with Gasteiger partial charge in [-0.15, -0.1) is 5.10 Å². The number of carbonyl (C=O) groups excluding carboxylic acids is 1. The average molecular weight is 344 g/mol. The Morgan fingerprint density at radius 2 is 2.04 bits per heavy atom. The van der Waals surface area contributed by atoms with E-state index in [-0.39, 0.29) is 31.7 Å². The van der Waals surface area contributed by atoms with Gasteiger partial charge in [0.2, 0.25) is 5.91 Å². The third kappa shape index (κ3) is 5.30. The number of rotatable bonds is 7. The lowest BCUT2D eigenvalue weighted by molar-refractivity contribution is -0.173. The molecule has 0 spiro atoms. The van der Waals surface area contributed by atoms with E-state index in [1.165, 1.54) is 0 Å². The van der Waals surface area contributed by atoms with E-state index in [9.17, 15) is 22.8 Å². The van der Waals surface area contributed by atoms with Crippen LogP contribution in [0.4, 0.5) is 13.2 Å². The quantitative estimate of drug-likeness (QED) is 0.754. The van der Waals surface area contributed by atoms with Crippen LogP contribution in [0.3, 0.4) is 0 Å². The summed E-state index contributed by atoms with van der Waals surface area (Å²) in [6, 6.07) is 6.70. The number of aryl methyl sites for hydroxylation is 1. The Balaban J connectivity index is 1.78. The molecule has 2 rings (SSSR count). The fourth-order valence-corrected chi connectivity index (χ4v) is 1.92. The zero-order chi connectivity index (χ0) is 17.6. The number of amides is 1. The molecule has 0 radical (unpaired) electrons. The number of hydrogen-bond acceptors (Lipinski definition) is 5. The van der Waals surface area contributed by atoms with Crippen molar-refractivity contribution in [3.63, 3.8) is 0 Å². The van der Waals surface area contributed by atoms with Gasteiger partial charge in [-0.1, -0.05) is 17.3 Å². The fourth-order valence-electron chi connectivity index (χ4n) is 1.92. The molecule has 10 heteroatoms. The molecule has 24 heavy (non-hydrogen) atoms. The van der Waals surface area contributed by atoms with Crippen LogP contribution in [0.2, 0.25) is 0 Å². The Morgan fingerprint density at radius 3 is 2.79 bits per heavy atom. The minimum atomic E-state index is -4.39. The number of fused-ring (bicyclic) bond motifs is 1. The van der Waals surface area contributed by atoms with E-state index in [0.717, 1.165) is 4.68 Å². The highest BCUT2D eigenvalue weighted by Crippen LogP contribution is 2.13. The number of benzene rings is 1. The summed E-state index contributed by atoms with van der Waals surface area (Å²) in [5.41, 5.74) is 0.104. The van der Waals surface area contributed by atoms with E-state index in [0.29, 0.717) is 10.9 Å². The van der Waals surface area contributed by atoms with Crippen LogP contribution in [0, 0.1) is 0 Å². The number of nitrogens with one attached hydrogen (secondary N) is 1. The lowest BCUT2D eigenvalue weighted by Gasteiger charge is -2.09. The van der Waals surface area contributed by atoms with Gasteiger partial charge in [0.15, 0.2) is 0 Å². The van der Waals surface area contributed by atoms with E-state index < -0.39 is 18.7 Å². The standard InChI is InChI=1S/C14H15F3N4O3/c15-14(16,17)9-24-8-6-18-12(22)5-7-21-13(23)10-3-1-2-4-11(10)19-20-21/h1-4H,5-9H2,(H,18,22). The van der Waals surface area contributed by atoms with Gasteiger partial charge in [-0.25, -0.2) is 4.68 Å². The molecule has 0 bridgehead atoms. The topological polar surface area (TPSA) is 86.1 Å². The molecule has 2 aromatic rings. The first kappa shape index (κ1) is 17.9. The maximum atomic E-state index is 12.1. The van der Waals surface area contributed by atoms with Gasteiger partial charge in [-0.3, -0.25) is 9.59 Å². The molecule has 0 atom stereocenters. The Hall–Kier alpha value is -2.49. The number of hydrogen-bond donors (Lipinski definition) is 1. The minimum absolute atomic E-state index is 0.0198. The number of alkyl halides is 3. The summed E-state index contributed by atoms with van der Waals surface area (Å²) in [4.78, 5) is 23.7. The average Bonchev–Trinajstić information content (AvgIpc) is 2.53. The largest absolute Gasteiger partial charge is 0.411 e. The Morgan fingerprint density at radius 1 is 1.29 bits per heavy atom. The second kappa shape index (κ2) is 7.86. The molecule has 0 aliphatic rings. The lowest BCUT2D eigenvalue weighted by Crippen LogP contribution is -2.31. The third-order valence-corrected chi connectivity index (χ3v) is 3.01. The molecule has 7 nitrogen and oxygen atoms in total. The molecule has 0 aliphatic carbocycles. The predicted molar refractivity (Wildman–Crippen MR) is 78.3 cm³/mol. The Bertz CT molecular complexity index is 761. The Labute approximate surface area is 134 Å². The van der Waals surface area contributed by atoms with Crippen molar-refractivity contribution in [2.45, 2.75) is 19.1 Å². The second-order valence-electron chi connectivity index (χ2n) is 4.90. The molecule has 0 saturated carbocycles. The van der Waals surface area contributed by atoms with E-state index in [2.05, 4.69) is 20.4 Å². The highest BCUT2D eigenvalue weighted by Gasteiger charge is 2.27. The van der Waals surface area contributed by atoms with Gasteiger partial charge in [0.25, 0.3) is 5.56 Å². The summed E-state index contributed by atoms with van der Waals surface area (Å²) in [5, 5.41) is 10.4. The maximum absolute atomic E-state index is 12.1.